The number of amides is 1. The molecule has 1 unspecified atom stereocenters. The SMILES string of the molecule is O=C(CCc1cccnc1)NCC(O)c1c(F)cccc1F. The summed E-state index contributed by atoms with van der Waals surface area (Å²) in [5.41, 5.74) is 0.480. The monoisotopic (exact) mass is 306 g/mol. The normalized spacial score (nSPS) is 12.0. The van der Waals surface area contributed by atoms with Gasteiger partial charge < -0.3 is 10.4 Å². The summed E-state index contributed by atoms with van der Waals surface area (Å²) in [5, 5.41) is 12.3. The molecule has 1 aromatic carbocycles. The molecule has 0 aliphatic carbocycles. The number of hydrogen-bond acceptors (Lipinski definition) is 3. The number of aliphatic hydroxyl groups is 1. The molecule has 0 aliphatic rings. The highest BCUT2D eigenvalue weighted by Crippen LogP contribution is 2.19. The molecule has 1 atom stereocenters. The fourth-order valence-corrected chi connectivity index (χ4v) is 2.03. The summed E-state index contributed by atoms with van der Waals surface area (Å²) in [6.45, 7) is -0.246. The summed E-state index contributed by atoms with van der Waals surface area (Å²) in [4.78, 5) is 15.6. The summed E-state index contributed by atoms with van der Waals surface area (Å²) >= 11 is 0. The van der Waals surface area contributed by atoms with Crippen molar-refractivity contribution in [3.05, 3.63) is 65.5 Å². The summed E-state index contributed by atoms with van der Waals surface area (Å²) in [6, 6.07) is 6.97. The van der Waals surface area contributed by atoms with Gasteiger partial charge in [0, 0.05) is 25.4 Å². The average Bonchev–Trinajstić information content (AvgIpc) is 2.52. The highest BCUT2D eigenvalue weighted by atomic mass is 19.1. The van der Waals surface area contributed by atoms with Crippen LogP contribution >= 0.6 is 0 Å². The number of hydrogen-bond donors (Lipinski definition) is 2. The quantitative estimate of drug-likeness (QED) is 0.859. The van der Waals surface area contributed by atoms with Gasteiger partial charge in [0.15, 0.2) is 0 Å². The van der Waals surface area contributed by atoms with Crippen LogP contribution in [0, 0.1) is 11.6 Å². The number of aryl methyl sites for hydroxylation is 1. The van der Waals surface area contributed by atoms with Gasteiger partial charge in [-0.3, -0.25) is 9.78 Å². The Labute approximate surface area is 126 Å². The minimum absolute atomic E-state index is 0.207. The second-order valence-electron chi connectivity index (χ2n) is 4.82. The van der Waals surface area contributed by atoms with Crippen LogP contribution in [0.2, 0.25) is 0 Å². The molecule has 1 amide bonds. The van der Waals surface area contributed by atoms with Gasteiger partial charge in [-0.05, 0) is 30.2 Å². The van der Waals surface area contributed by atoms with Crippen LogP contribution in [0.1, 0.15) is 23.7 Å². The molecule has 22 heavy (non-hydrogen) atoms. The van der Waals surface area contributed by atoms with E-state index in [1.165, 1.54) is 6.07 Å². The third-order valence-electron chi connectivity index (χ3n) is 3.19. The molecule has 0 saturated carbocycles. The second-order valence-corrected chi connectivity index (χ2v) is 4.82. The van der Waals surface area contributed by atoms with E-state index in [0.717, 1.165) is 17.7 Å². The van der Waals surface area contributed by atoms with E-state index in [2.05, 4.69) is 10.3 Å². The number of carbonyl (C=O) groups is 1. The summed E-state index contributed by atoms with van der Waals surface area (Å²) < 4.78 is 27.0. The lowest BCUT2D eigenvalue weighted by Gasteiger charge is -2.13. The Bertz CT molecular complexity index is 615. The molecular weight excluding hydrogens is 290 g/mol. The maximum atomic E-state index is 13.5. The van der Waals surface area contributed by atoms with Crippen molar-refractivity contribution in [3.63, 3.8) is 0 Å². The summed E-state index contributed by atoms with van der Waals surface area (Å²) in [5.74, 6) is -1.98. The number of pyridine rings is 1. The Morgan fingerprint density at radius 3 is 2.59 bits per heavy atom. The van der Waals surface area contributed by atoms with Crippen molar-refractivity contribution < 1.29 is 18.7 Å². The van der Waals surface area contributed by atoms with Crippen molar-refractivity contribution in [2.24, 2.45) is 0 Å². The lowest BCUT2D eigenvalue weighted by molar-refractivity contribution is -0.121. The Morgan fingerprint density at radius 1 is 1.23 bits per heavy atom. The maximum Gasteiger partial charge on any atom is 0.220 e. The topological polar surface area (TPSA) is 62.2 Å². The van der Waals surface area contributed by atoms with E-state index in [4.69, 9.17) is 0 Å². The molecule has 0 saturated heterocycles. The van der Waals surface area contributed by atoms with Gasteiger partial charge in [-0.15, -0.1) is 0 Å². The van der Waals surface area contributed by atoms with Crippen molar-refractivity contribution in [1.29, 1.82) is 0 Å². The maximum absolute atomic E-state index is 13.5. The van der Waals surface area contributed by atoms with E-state index >= 15 is 0 Å². The minimum Gasteiger partial charge on any atom is -0.386 e. The van der Waals surface area contributed by atoms with E-state index in [-0.39, 0.29) is 18.9 Å². The van der Waals surface area contributed by atoms with E-state index in [0.29, 0.717) is 6.42 Å². The molecule has 2 N–H and O–H groups in total. The summed E-state index contributed by atoms with van der Waals surface area (Å²) in [7, 11) is 0. The van der Waals surface area contributed by atoms with E-state index in [9.17, 15) is 18.7 Å². The van der Waals surface area contributed by atoms with E-state index < -0.39 is 23.3 Å². The average molecular weight is 306 g/mol. The molecule has 1 heterocycles. The van der Waals surface area contributed by atoms with Crippen molar-refractivity contribution in [1.82, 2.24) is 10.3 Å². The zero-order valence-corrected chi connectivity index (χ0v) is 11.8. The second kappa shape index (κ2) is 7.61. The predicted octanol–water partition coefficient (Wildman–Crippen LogP) is 2.14. The third kappa shape index (κ3) is 4.33. The number of nitrogens with one attached hydrogen (secondary N) is 1. The van der Waals surface area contributed by atoms with Crippen LogP contribution in [0.25, 0.3) is 0 Å². The number of aromatic nitrogens is 1. The largest absolute Gasteiger partial charge is 0.386 e. The molecule has 0 spiro atoms. The van der Waals surface area contributed by atoms with Gasteiger partial charge in [0.2, 0.25) is 5.91 Å². The van der Waals surface area contributed by atoms with Crippen molar-refractivity contribution in [3.8, 4) is 0 Å². The highest BCUT2D eigenvalue weighted by molar-refractivity contribution is 5.76. The molecular formula is C16H16F2N2O2. The van der Waals surface area contributed by atoms with Crippen LogP contribution in [0.4, 0.5) is 8.78 Å². The van der Waals surface area contributed by atoms with Gasteiger partial charge in [0.25, 0.3) is 0 Å². The molecule has 0 bridgehead atoms. The van der Waals surface area contributed by atoms with Gasteiger partial charge >= 0.3 is 0 Å². The third-order valence-corrected chi connectivity index (χ3v) is 3.19. The Kier molecular flexibility index (Phi) is 5.55. The van der Waals surface area contributed by atoms with Gasteiger partial charge in [0.1, 0.15) is 17.7 Å². The zero-order valence-electron chi connectivity index (χ0n) is 11.8. The number of benzene rings is 1. The van der Waals surface area contributed by atoms with Gasteiger partial charge in [-0.2, -0.15) is 0 Å². The minimum atomic E-state index is -1.43. The van der Waals surface area contributed by atoms with Crippen molar-refractivity contribution >= 4 is 5.91 Å². The first kappa shape index (κ1) is 16.0. The molecule has 2 aromatic rings. The lowest BCUT2D eigenvalue weighted by Crippen LogP contribution is -2.29. The van der Waals surface area contributed by atoms with Crippen LogP contribution in [0.5, 0.6) is 0 Å². The van der Waals surface area contributed by atoms with E-state index in [1.807, 2.05) is 6.07 Å². The van der Waals surface area contributed by atoms with Crippen LogP contribution in [0.3, 0.4) is 0 Å². The Hall–Kier alpha value is -2.34. The standard InChI is InChI=1S/C16H16F2N2O2/c17-12-4-1-5-13(18)16(12)14(21)10-20-15(22)7-6-11-3-2-8-19-9-11/h1-5,8-9,14,21H,6-7,10H2,(H,20,22). The number of halogens is 2. The fourth-order valence-electron chi connectivity index (χ4n) is 2.03. The van der Waals surface area contributed by atoms with E-state index in [1.54, 1.807) is 18.5 Å². The van der Waals surface area contributed by atoms with Crippen molar-refractivity contribution in [2.75, 3.05) is 6.54 Å². The first-order valence-corrected chi connectivity index (χ1v) is 6.85. The molecule has 6 heteroatoms. The van der Waals surface area contributed by atoms with Gasteiger partial charge in [-0.1, -0.05) is 12.1 Å². The molecule has 116 valence electrons. The van der Waals surface area contributed by atoms with Crippen LogP contribution in [0.15, 0.2) is 42.7 Å². The lowest BCUT2D eigenvalue weighted by atomic mass is 10.1. The number of aliphatic hydroxyl groups excluding tert-OH is 1. The van der Waals surface area contributed by atoms with Gasteiger partial charge in [0.05, 0.1) is 5.56 Å². The number of rotatable bonds is 6. The van der Waals surface area contributed by atoms with Crippen LogP contribution in [-0.4, -0.2) is 22.5 Å². The van der Waals surface area contributed by atoms with Crippen molar-refractivity contribution in [2.45, 2.75) is 18.9 Å². The smallest absolute Gasteiger partial charge is 0.220 e. The molecule has 2 rings (SSSR count). The molecule has 4 nitrogen and oxygen atoms in total. The Morgan fingerprint density at radius 2 is 1.95 bits per heavy atom. The zero-order chi connectivity index (χ0) is 15.9. The summed E-state index contributed by atoms with van der Waals surface area (Å²) in [6.07, 6.45) is 2.59. The van der Waals surface area contributed by atoms with Crippen LogP contribution in [-0.2, 0) is 11.2 Å². The van der Waals surface area contributed by atoms with Gasteiger partial charge in [-0.25, -0.2) is 8.78 Å². The number of carbonyl (C=O) groups excluding carboxylic acids is 1. The predicted molar refractivity (Wildman–Crippen MR) is 76.9 cm³/mol. The van der Waals surface area contributed by atoms with Crippen LogP contribution < -0.4 is 5.32 Å². The number of nitrogens with zero attached hydrogens (tertiary/aromatic N) is 1. The molecule has 1 aromatic heterocycles. The molecule has 0 aliphatic heterocycles. The molecule has 0 radical (unpaired) electrons. The first-order chi connectivity index (χ1) is 10.6. The first-order valence-electron chi connectivity index (χ1n) is 6.85. The molecule has 0 fully saturated rings. The Balaban J connectivity index is 1.83. The fraction of sp³-hybridized carbons (Fsp3) is 0.250. The highest BCUT2D eigenvalue weighted by Gasteiger charge is 2.18.